The van der Waals surface area contributed by atoms with Gasteiger partial charge in [-0.25, -0.2) is 4.98 Å². The predicted molar refractivity (Wildman–Crippen MR) is 105 cm³/mol. The Kier molecular flexibility index (Phi) is 5.37. The summed E-state index contributed by atoms with van der Waals surface area (Å²) in [4.78, 5) is 4.46. The number of aromatic hydroxyl groups is 1. The third-order valence-corrected chi connectivity index (χ3v) is 4.72. The van der Waals surface area contributed by atoms with Crippen LogP contribution < -0.4 is 14.8 Å². The normalized spacial score (nSPS) is 10.6. The standard InChI is InChI=1S/C19H20BrN3O3/c1-23-16(13-5-4-6-14(9-13)25-2)11-22-19(23)21-10-12-7-15(20)18(24)17(8-12)26-3/h4-9,11,24H,10H2,1-3H3,(H,21,22). The number of anilines is 1. The van der Waals surface area contributed by atoms with Crippen molar-refractivity contribution in [1.29, 1.82) is 0 Å². The highest BCUT2D eigenvalue weighted by Gasteiger charge is 2.11. The molecule has 6 nitrogen and oxygen atoms in total. The van der Waals surface area contributed by atoms with Crippen LogP contribution in [0.15, 0.2) is 47.1 Å². The van der Waals surface area contributed by atoms with E-state index in [4.69, 9.17) is 9.47 Å². The number of phenols is 1. The van der Waals surface area contributed by atoms with Gasteiger partial charge in [0.2, 0.25) is 5.95 Å². The number of phenolic OH excluding ortho intramolecular Hbond substituents is 1. The van der Waals surface area contributed by atoms with Crippen LogP contribution in [0.3, 0.4) is 0 Å². The van der Waals surface area contributed by atoms with Gasteiger partial charge < -0.3 is 24.5 Å². The molecule has 7 heteroatoms. The molecule has 3 aromatic rings. The highest BCUT2D eigenvalue weighted by molar-refractivity contribution is 9.10. The van der Waals surface area contributed by atoms with Crippen molar-refractivity contribution < 1.29 is 14.6 Å². The Hall–Kier alpha value is -2.67. The first-order chi connectivity index (χ1) is 12.5. The lowest BCUT2D eigenvalue weighted by Gasteiger charge is -2.11. The molecule has 26 heavy (non-hydrogen) atoms. The molecule has 0 unspecified atom stereocenters. The first kappa shape index (κ1) is 18.1. The minimum absolute atomic E-state index is 0.0913. The van der Waals surface area contributed by atoms with Gasteiger partial charge in [-0.1, -0.05) is 12.1 Å². The third kappa shape index (κ3) is 3.62. The Balaban J connectivity index is 1.80. The molecule has 0 bridgehead atoms. The quantitative estimate of drug-likeness (QED) is 0.629. The van der Waals surface area contributed by atoms with Crippen LogP contribution in [-0.4, -0.2) is 28.9 Å². The van der Waals surface area contributed by atoms with E-state index in [1.807, 2.05) is 48.1 Å². The van der Waals surface area contributed by atoms with Gasteiger partial charge in [0.25, 0.3) is 0 Å². The van der Waals surface area contributed by atoms with Crippen LogP contribution >= 0.6 is 15.9 Å². The maximum Gasteiger partial charge on any atom is 0.203 e. The molecule has 0 amide bonds. The summed E-state index contributed by atoms with van der Waals surface area (Å²) in [6.45, 7) is 0.539. The van der Waals surface area contributed by atoms with Crippen LogP contribution in [0.4, 0.5) is 5.95 Å². The van der Waals surface area contributed by atoms with Gasteiger partial charge >= 0.3 is 0 Å². The third-order valence-electron chi connectivity index (χ3n) is 4.11. The molecule has 136 valence electrons. The van der Waals surface area contributed by atoms with Gasteiger partial charge in [-0.15, -0.1) is 0 Å². The van der Waals surface area contributed by atoms with E-state index in [-0.39, 0.29) is 5.75 Å². The molecule has 0 radical (unpaired) electrons. The van der Waals surface area contributed by atoms with Crippen molar-refractivity contribution in [2.75, 3.05) is 19.5 Å². The van der Waals surface area contributed by atoms with E-state index in [1.54, 1.807) is 13.2 Å². The van der Waals surface area contributed by atoms with Crippen molar-refractivity contribution >= 4 is 21.9 Å². The highest BCUT2D eigenvalue weighted by Crippen LogP contribution is 2.35. The van der Waals surface area contributed by atoms with Gasteiger partial charge in [-0.05, 0) is 45.8 Å². The summed E-state index contributed by atoms with van der Waals surface area (Å²) < 4.78 is 13.1. The number of hydrogen-bond donors (Lipinski definition) is 2. The van der Waals surface area contributed by atoms with E-state index >= 15 is 0 Å². The molecule has 0 saturated carbocycles. The van der Waals surface area contributed by atoms with E-state index in [1.165, 1.54) is 7.11 Å². The molecule has 2 N–H and O–H groups in total. The average molecular weight is 418 g/mol. The van der Waals surface area contributed by atoms with Crippen molar-refractivity contribution in [3.05, 3.63) is 52.6 Å². The lowest BCUT2D eigenvalue weighted by atomic mass is 10.1. The molecule has 1 heterocycles. The van der Waals surface area contributed by atoms with E-state index in [2.05, 4.69) is 26.2 Å². The number of rotatable bonds is 6. The lowest BCUT2D eigenvalue weighted by molar-refractivity contribution is 0.371. The fourth-order valence-corrected chi connectivity index (χ4v) is 3.18. The molecule has 0 aliphatic carbocycles. The van der Waals surface area contributed by atoms with E-state index in [0.717, 1.165) is 28.5 Å². The summed E-state index contributed by atoms with van der Waals surface area (Å²) in [5.74, 6) is 2.06. The van der Waals surface area contributed by atoms with Crippen LogP contribution in [0.25, 0.3) is 11.3 Å². The molecule has 0 spiro atoms. The van der Waals surface area contributed by atoms with Crippen molar-refractivity contribution in [2.45, 2.75) is 6.54 Å². The van der Waals surface area contributed by atoms with Gasteiger partial charge in [-0.3, -0.25) is 0 Å². The van der Waals surface area contributed by atoms with E-state index < -0.39 is 0 Å². The minimum Gasteiger partial charge on any atom is -0.503 e. The molecular weight excluding hydrogens is 398 g/mol. The van der Waals surface area contributed by atoms with Gasteiger partial charge in [-0.2, -0.15) is 0 Å². The number of imidazole rings is 1. The fraction of sp³-hybridized carbons (Fsp3) is 0.211. The van der Waals surface area contributed by atoms with Gasteiger partial charge in [0.1, 0.15) is 5.75 Å². The van der Waals surface area contributed by atoms with Crippen LogP contribution in [0.5, 0.6) is 17.2 Å². The monoisotopic (exact) mass is 417 g/mol. The maximum absolute atomic E-state index is 9.90. The molecule has 0 atom stereocenters. The Labute approximate surface area is 160 Å². The smallest absolute Gasteiger partial charge is 0.203 e. The van der Waals surface area contributed by atoms with Crippen LogP contribution in [0.2, 0.25) is 0 Å². The predicted octanol–water partition coefficient (Wildman–Crippen LogP) is 4.18. The SMILES string of the molecule is COc1cccc(-c2cnc(NCc3cc(Br)c(O)c(OC)c3)n2C)c1. The Morgan fingerprint density at radius 3 is 2.73 bits per heavy atom. The number of nitrogens with one attached hydrogen (secondary N) is 1. The molecule has 0 saturated heterocycles. The fourth-order valence-electron chi connectivity index (χ4n) is 2.69. The number of aromatic nitrogens is 2. The van der Waals surface area contributed by atoms with Crippen molar-refractivity contribution in [1.82, 2.24) is 9.55 Å². The zero-order chi connectivity index (χ0) is 18.7. The summed E-state index contributed by atoms with van der Waals surface area (Å²) >= 11 is 3.34. The lowest BCUT2D eigenvalue weighted by Crippen LogP contribution is -2.06. The largest absolute Gasteiger partial charge is 0.503 e. The first-order valence-corrected chi connectivity index (χ1v) is 8.78. The van der Waals surface area contributed by atoms with Gasteiger partial charge in [0.05, 0.1) is 30.6 Å². The number of nitrogens with zero attached hydrogens (tertiary/aromatic N) is 2. The van der Waals surface area contributed by atoms with Crippen molar-refractivity contribution in [3.8, 4) is 28.5 Å². The van der Waals surface area contributed by atoms with E-state index in [0.29, 0.717) is 16.8 Å². The maximum atomic E-state index is 9.90. The molecule has 3 rings (SSSR count). The van der Waals surface area contributed by atoms with Crippen molar-refractivity contribution in [3.63, 3.8) is 0 Å². The average Bonchev–Trinajstić information content (AvgIpc) is 3.03. The van der Waals surface area contributed by atoms with Crippen LogP contribution in [0, 0.1) is 0 Å². The number of halogens is 1. The van der Waals surface area contributed by atoms with Crippen molar-refractivity contribution in [2.24, 2.45) is 7.05 Å². The highest BCUT2D eigenvalue weighted by atomic mass is 79.9. The van der Waals surface area contributed by atoms with Crippen LogP contribution in [0.1, 0.15) is 5.56 Å². The molecule has 1 aromatic heterocycles. The Morgan fingerprint density at radius 2 is 2.00 bits per heavy atom. The summed E-state index contributed by atoms with van der Waals surface area (Å²) in [5, 5.41) is 13.2. The number of hydrogen-bond acceptors (Lipinski definition) is 5. The summed E-state index contributed by atoms with van der Waals surface area (Å²) in [5.41, 5.74) is 2.97. The topological polar surface area (TPSA) is 68.5 Å². The van der Waals surface area contributed by atoms with Crippen LogP contribution in [-0.2, 0) is 13.6 Å². The first-order valence-electron chi connectivity index (χ1n) is 7.99. The number of methoxy groups -OCH3 is 2. The second kappa shape index (κ2) is 7.70. The zero-order valence-electron chi connectivity index (χ0n) is 14.8. The molecule has 0 fully saturated rings. The summed E-state index contributed by atoms with van der Waals surface area (Å²) in [6.07, 6.45) is 1.82. The Bertz CT molecular complexity index is 924. The molecule has 2 aromatic carbocycles. The molecular formula is C19H20BrN3O3. The summed E-state index contributed by atoms with van der Waals surface area (Å²) in [7, 11) is 5.13. The second-order valence-electron chi connectivity index (χ2n) is 5.74. The number of ether oxygens (including phenoxy) is 2. The molecule has 0 aliphatic rings. The van der Waals surface area contributed by atoms with Gasteiger partial charge in [0, 0.05) is 19.2 Å². The zero-order valence-corrected chi connectivity index (χ0v) is 16.4. The summed E-state index contributed by atoms with van der Waals surface area (Å²) in [6, 6.07) is 11.5. The van der Waals surface area contributed by atoms with E-state index in [9.17, 15) is 5.11 Å². The molecule has 0 aliphatic heterocycles. The second-order valence-corrected chi connectivity index (χ2v) is 6.59. The minimum atomic E-state index is 0.0913. The van der Waals surface area contributed by atoms with Gasteiger partial charge in [0.15, 0.2) is 11.5 Å². The Morgan fingerprint density at radius 1 is 1.19 bits per heavy atom. The number of benzene rings is 2.